The largest absolute Gasteiger partial charge is 0.343 e. The van der Waals surface area contributed by atoms with Gasteiger partial charge in [0.1, 0.15) is 0 Å². The molecule has 126 valence electrons. The summed E-state index contributed by atoms with van der Waals surface area (Å²) in [4.78, 5) is 27.7. The highest BCUT2D eigenvalue weighted by Gasteiger charge is 2.22. The van der Waals surface area contributed by atoms with Crippen LogP contribution in [0.5, 0.6) is 0 Å². The number of rotatable bonds is 4. The smallest absolute Gasteiger partial charge is 0.224 e. The van der Waals surface area contributed by atoms with Gasteiger partial charge in [-0.25, -0.2) is 0 Å². The van der Waals surface area contributed by atoms with Gasteiger partial charge in [-0.1, -0.05) is 30.1 Å². The number of carbonyl (C=O) groups is 2. The van der Waals surface area contributed by atoms with E-state index in [4.69, 9.17) is 23.2 Å². The van der Waals surface area contributed by atoms with Crippen LogP contribution in [0, 0.1) is 5.92 Å². The molecule has 2 amide bonds. The first-order chi connectivity index (χ1) is 10.9. The quantitative estimate of drug-likeness (QED) is 0.817. The molecule has 0 spiro atoms. The van der Waals surface area contributed by atoms with Gasteiger partial charge in [0.2, 0.25) is 11.8 Å². The average molecular weight is 357 g/mol. The summed E-state index contributed by atoms with van der Waals surface area (Å²) in [5.41, 5.74) is 0.548. The van der Waals surface area contributed by atoms with Crippen molar-refractivity contribution in [3.63, 3.8) is 0 Å². The standard InChI is InChI=1S/C17H22Cl2N2O2/c1-12-5-8-20(9-6-12)17(23)7-10-21(13(2)22)16-11-14(18)3-4-15(16)19/h3-4,11-12H,5-10H2,1-2H3. The van der Waals surface area contributed by atoms with Gasteiger partial charge in [0.25, 0.3) is 0 Å². The second-order valence-corrected chi connectivity index (χ2v) is 6.92. The fourth-order valence-electron chi connectivity index (χ4n) is 2.76. The Balaban J connectivity index is 2.01. The SMILES string of the molecule is CC(=O)N(CCC(=O)N1CCC(C)CC1)c1cc(Cl)ccc1Cl. The van der Waals surface area contributed by atoms with Gasteiger partial charge in [-0.15, -0.1) is 0 Å². The second-order valence-electron chi connectivity index (χ2n) is 6.08. The predicted molar refractivity (Wildman–Crippen MR) is 94.1 cm³/mol. The van der Waals surface area contributed by atoms with Crippen molar-refractivity contribution < 1.29 is 9.59 Å². The molecular weight excluding hydrogens is 335 g/mol. The molecule has 0 aliphatic carbocycles. The monoisotopic (exact) mass is 356 g/mol. The first-order valence-corrected chi connectivity index (χ1v) is 8.65. The zero-order valence-electron chi connectivity index (χ0n) is 13.5. The molecule has 1 aliphatic rings. The molecular formula is C17H22Cl2N2O2. The number of halogens is 2. The third kappa shape index (κ3) is 4.85. The van der Waals surface area contributed by atoms with Crippen molar-refractivity contribution in [1.82, 2.24) is 4.90 Å². The highest BCUT2D eigenvalue weighted by molar-refractivity contribution is 6.35. The van der Waals surface area contributed by atoms with Crippen molar-refractivity contribution in [2.24, 2.45) is 5.92 Å². The van der Waals surface area contributed by atoms with Gasteiger partial charge < -0.3 is 9.80 Å². The molecule has 0 radical (unpaired) electrons. The molecule has 0 atom stereocenters. The van der Waals surface area contributed by atoms with Crippen LogP contribution in [-0.4, -0.2) is 36.3 Å². The van der Waals surface area contributed by atoms with Gasteiger partial charge in [-0.3, -0.25) is 9.59 Å². The molecule has 23 heavy (non-hydrogen) atoms. The molecule has 1 heterocycles. The summed E-state index contributed by atoms with van der Waals surface area (Å²) >= 11 is 12.2. The zero-order chi connectivity index (χ0) is 17.0. The van der Waals surface area contributed by atoms with E-state index >= 15 is 0 Å². The van der Waals surface area contributed by atoms with Crippen molar-refractivity contribution in [2.75, 3.05) is 24.5 Å². The third-order valence-electron chi connectivity index (χ3n) is 4.26. The Morgan fingerprint density at radius 3 is 2.52 bits per heavy atom. The van der Waals surface area contributed by atoms with Crippen molar-refractivity contribution in [2.45, 2.75) is 33.1 Å². The number of benzene rings is 1. The number of hydrogen-bond acceptors (Lipinski definition) is 2. The molecule has 0 bridgehead atoms. The van der Waals surface area contributed by atoms with Crippen molar-refractivity contribution in [1.29, 1.82) is 0 Å². The lowest BCUT2D eigenvalue weighted by atomic mass is 9.99. The summed E-state index contributed by atoms with van der Waals surface area (Å²) < 4.78 is 0. The van der Waals surface area contributed by atoms with Crippen LogP contribution in [0.15, 0.2) is 18.2 Å². The van der Waals surface area contributed by atoms with E-state index in [-0.39, 0.29) is 18.2 Å². The van der Waals surface area contributed by atoms with Crippen LogP contribution >= 0.6 is 23.2 Å². The highest BCUT2D eigenvalue weighted by Crippen LogP contribution is 2.29. The molecule has 0 N–H and O–H groups in total. The summed E-state index contributed by atoms with van der Waals surface area (Å²) in [6.45, 7) is 5.58. The van der Waals surface area contributed by atoms with E-state index < -0.39 is 0 Å². The molecule has 4 nitrogen and oxygen atoms in total. The molecule has 1 fully saturated rings. The maximum atomic E-state index is 12.3. The van der Waals surface area contributed by atoms with Crippen molar-refractivity contribution in [3.05, 3.63) is 28.2 Å². The summed E-state index contributed by atoms with van der Waals surface area (Å²) in [6, 6.07) is 4.98. The Hall–Kier alpha value is -1.26. The number of carbonyl (C=O) groups excluding carboxylic acids is 2. The van der Waals surface area contributed by atoms with E-state index in [0.29, 0.717) is 28.2 Å². The number of nitrogens with zero attached hydrogens (tertiary/aromatic N) is 2. The van der Waals surface area contributed by atoms with E-state index in [1.165, 1.54) is 11.8 Å². The second kappa shape index (κ2) is 8.02. The number of anilines is 1. The van der Waals surface area contributed by atoms with Crippen LogP contribution < -0.4 is 4.90 Å². The van der Waals surface area contributed by atoms with Crippen LogP contribution in [0.4, 0.5) is 5.69 Å². The molecule has 1 aromatic rings. The lowest BCUT2D eigenvalue weighted by Crippen LogP contribution is -2.40. The molecule has 1 saturated heterocycles. The van der Waals surface area contributed by atoms with E-state index in [0.717, 1.165) is 25.9 Å². The maximum Gasteiger partial charge on any atom is 0.224 e. The number of piperidine rings is 1. The molecule has 6 heteroatoms. The zero-order valence-corrected chi connectivity index (χ0v) is 15.0. The fourth-order valence-corrected chi connectivity index (χ4v) is 3.15. The minimum absolute atomic E-state index is 0.0845. The predicted octanol–water partition coefficient (Wildman–Crippen LogP) is 3.99. The van der Waals surface area contributed by atoms with Crippen LogP contribution in [0.1, 0.15) is 33.1 Å². The average Bonchev–Trinajstić information content (AvgIpc) is 2.51. The number of hydrogen-bond donors (Lipinski definition) is 0. The van der Waals surface area contributed by atoms with Gasteiger partial charge in [0, 0.05) is 38.0 Å². The highest BCUT2D eigenvalue weighted by atomic mass is 35.5. The van der Waals surface area contributed by atoms with Crippen molar-refractivity contribution >= 4 is 40.7 Å². The molecule has 1 aliphatic heterocycles. The minimum Gasteiger partial charge on any atom is -0.343 e. The lowest BCUT2D eigenvalue weighted by molar-refractivity contribution is -0.132. The van der Waals surface area contributed by atoms with Gasteiger partial charge in [-0.2, -0.15) is 0 Å². The Morgan fingerprint density at radius 1 is 1.26 bits per heavy atom. The molecule has 2 rings (SSSR count). The summed E-state index contributed by atoms with van der Waals surface area (Å²) in [7, 11) is 0. The van der Waals surface area contributed by atoms with Gasteiger partial charge in [-0.05, 0) is 37.0 Å². The first-order valence-electron chi connectivity index (χ1n) is 7.89. The van der Waals surface area contributed by atoms with Crippen LogP contribution in [0.3, 0.4) is 0 Å². The van der Waals surface area contributed by atoms with E-state index in [1.54, 1.807) is 18.2 Å². The topological polar surface area (TPSA) is 40.6 Å². The van der Waals surface area contributed by atoms with Crippen LogP contribution in [0.2, 0.25) is 10.0 Å². The maximum absolute atomic E-state index is 12.3. The van der Waals surface area contributed by atoms with Gasteiger partial charge in [0.15, 0.2) is 0 Å². The molecule has 0 unspecified atom stereocenters. The third-order valence-corrected chi connectivity index (χ3v) is 4.82. The lowest BCUT2D eigenvalue weighted by Gasteiger charge is -2.31. The van der Waals surface area contributed by atoms with Gasteiger partial charge >= 0.3 is 0 Å². The molecule has 1 aromatic carbocycles. The van der Waals surface area contributed by atoms with Gasteiger partial charge in [0.05, 0.1) is 10.7 Å². The molecule has 0 saturated carbocycles. The van der Waals surface area contributed by atoms with Crippen LogP contribution in [-0.2, 0) is 9.59 Å². The Labute approximate surface area is 147 Å². The Kier molecular flexibility index (Phi) is 6.31. The first kappa shape index (κ1) is 18.1. The van der Waals surface area contributed by atoms with E-state index in [1.807, 2.05) is 4.90 Å². The number of likely N-dealkylation sites (tertiary alicyclic amines) is 1. The summed E-state index contributed by atoms with van der Waals surface area (Å²) in [6.07, 6.45) is 2.38. The van der Waals surface area contributed by atoms with E-state index in [2.05, 4.69) is 6.92 Å². The van der Waals surface area contributed by atoms with E-state index in [9.17, 15) is 9.59 Å². The Bertz CT molecular complexity index is 584. The number of amides is 2. The molecule has 0 aromatic heterocycles. The van der Waals surface area contributed by atoms with Crippen molar-refractivity contribution in [3.8, 4) is 0 Å². The minimum atomic E-state index is -0.158. The summed E-state index contributed by atoms with van der Waals surface area (Å²) in [5.74, 6) is 0.605. The Morgan fingerprint density at radius 2 is 1.91 bits per heavy atom. The normalized spacial score (nSPS) is 15.6. The fraction of sp³-hybridized carbons (Fsp3) is 0.529. The van der Waals surface area contributed by atoms with Crippen LogP contribution in [0.25, 0.3) is 0 Å². The summed E-state index contributed by atoms with van der Waals surface area (Å²) in [5, 5.41) is 0.954.